The fraction of sp³-hybridized carbons (Fsp3) is 0.600. The van der Waals surface area contributed by atoms with Crippen molar-refractivity contribution in [1.82, 2.24) is 9.55 Å². The SMILES string of the molecule is O=c1ccn([C@@H]2O[C@H](COS(=O)(=O)C(F)(F)F)[C@@H](O)[C@H]2O)c(=O)[nH]1. The van der Waals surface area contributed by atoms with Gasteiger partial charge in [0.1, 0.15) is 18.3 Å². The highest BCUT2D eigenvalue weighted by atomic mass is 32.2. The summed E-state index contributed by atoms with van der Waals surface area (Å²) < 4.78 is 67.5. The number of alkyl halides is 3. The Labute approximate surface area is 131 Å². The fourth-order valence-electron chi connectivity index (χ4n) is 1.95. The topological polar surface area (TPSA) is 148 Å². The highest BCUT2D eigenvalue weighted by Gasteiger charge is 2.50. The highest BCUT2D eigenvalue weighted by molar-refractivity contribution is 7.87. The van der Waals surface area contributed by atoms with Gasteiger partial charge in [-0.15, -0.1) is 0 Å². The predicted octanol–water partition coefficient (Wildman–Crippen LogP) is -1.98. The Bertz CT molecular complexity index is 816. The second kappa shape index (κ2) is 6.29. The molecule has 1 aliphatic heterocycles. The van der Waals surface area contributed by atoms with Gasteiger partial charge in [0, 0.05) is 12.3 Å². The van der Waals surface area contributed by atoms with Crippen LogP contribution in [0.3, 0.4) is 0 Å². The lowest BCUT2D eigenvalue weighted by Crippen LogP contribution is -2.38. The maximum absolute atomic E-state index is 12.2. The van der Waals surface area contributed by atoms with Crippen LogP contribution in [-0.4, -0.2) is 58.6 Å². The highest BCUT2D eigenvalue weighted by Crippen LogP contribution is 2.30. The number of nitrogens with one attached hydrogen (secondary N) is 1. The third-order valence-electron chi connectivity index (χ3n) is 3.13. The molecule has 0 amide bonds. The molecule has 0 bridgehead atoms. The van der Waals surface area contributed by atoms with Gasteiger partial charge in [-0.1, -0.05) is 0 Å². The molecule has 2 rings (SSSR count). The van der Waals surface area contributed by atoms with Crippen molar-refractivity contribution in [2.45, 2.75) is 30.0 Å². The molecule has 1 aromatic rings. The van der Waals surface area contributed by atoms with Gasteiger partial charge < -0.3 is 14.9 Å². The number of nitrogens with zero attached hydrogens (tertiary/aromatic N) is 1. The largest absolute Gasteiger partial charge is 0.523 e. The Morgan fingerprint density at radius 1 is 1.29 bits per heavy atom. The Morgan fingerprint density at radius 3 is 2.46 bits per heavy atom. The molecule has 0 saturated carbocycles. The van der Waals surface area contributed by atoms with Crippen molar-refractivity contribution in [3.8, 4) is 0 Å². The van der Waals surface area contributed by atoms with Crippen LogP contribution in [0, 0.1) is 0 Å². The van der Waals surface area contributed by atoms with E-state index in [0.717, 1.165) is 12.3 Å². The van der Waals surface area contributed by atoms with Crippen molar-refractivity contribution in [2.24, 2.45) is 0 Å². The third-order valence-corrected chi connectivity index (χ3v) is 4.15. The zero-order chi connectivity index (χ0) is 18.3. The average Bonchev–Trinajstić information content (AvgIpc) is 2.72. The van der Waals surface area contributed by atoms with Crippen LogP contribution in [-0.2, 0) is 19.0 Å². The number of aliphatic hydroxyl groups excluding tert-OH is 2. The minimum absolute atomic E-state index is 0.674. The van der Waals surface area contributed by atoms with Gasteiger partial charge in [0.25, 0.3) is 5.56 Å². The molecule has 136 valence electrons. The smallest absolute Gasteiger partial charge is 0.387 e. The number of rotatable bonds is 4. The molecular formula is C10H11F3N2O8S. The maximum Gasteiger partial charge on any atom is 0.523 e. The van der Waals surface area contributed by atoms with Crippen LogP contribution >= 0.6 is 0 Å². The van der Waals surface area contributed by atoms with E-state index in [1.165, 1.54) is 0 Å². The van der Waals surface area contributed by atoms with Crippen LogP contribution in [0.5, 0.6) is 0 Å². The summed E-state index contributed by atoms with van der Waals surface area (Å²) in [5.74, 6) is 0. The van der Waals surface area contributed by atoms with Gasteiger partial charge in [0.2, 0.25) is 0 Å². The van der Waals surface area contributed by atoms with Crippen molar-refractivity contribution in [2.75, 3.05) is 6.61 Å². The first-order chi connectivity index (χ1) is 10.9. The van der Waals surface area contributed by atoms with Crippen LogP contribution in [0.1, 0.15) is 6.23 Å². The molecule has 1 aliphatic rings. The summed E-state index contributed by atoms with van der Waals surface area (Å²) in [5, 5.41) is 19.5. The fourth-order valence-corrected chi connectivity index (χ4v) is 2.39. The number of aromatic amines is 1. The van der Waals surface area contributed by atoms with E-state index in [1.54, 1.807) is 0 Å². The molecule has 1 saturated heterocycles. The summed E-state index contributed by atoms with van der Waals surface area (Å²) in [6, 6.07) is 0.905. The van der Waals surface area contributed by atoms with Gasteiger partial charge in [-0.25, -0.2) is 4.79 Å². The van der Waals surface area contributed by atoms with E-state index < -0.39 is 58.0 Å². The molecule has 0 radical (unpaired) electrons. The number of ether oxygens (including phenoxy) is 1. The average molecular weight is 376 g/mol. The van der Waals surface area contributed by atoms with Crippen LogP contribution in [0.25, 0.3) is 0 Å². The molecule has 2 heterocycles. The molecule has 0 unspecified atom stereocenters. The zero-order valence-electron chi connectivity index (χ0n) is 11.5. The van der Waals surface area contributed by atoms with Gasteiger partial charge in [0.05, 0.1) is 6.61 Å². The van der Waals surface area contributed by atoms with Gasteiger partial charge >= 0.3 is 21.3 Å². The summed E-state index contributed by atoms with van der Waals surface area (Å²) in [4.78, 5) is 24.4. The monoisotopic (exact) mass is 376 g/mol. The summed E-state index contributed by atoms with van der Waals surface area (Å²) >= 11 is 0. The van der Waals surface area contributed by atoms with Gasteiger partial charge in [0.15, 0.2) is 6.23 Å². The van der Waals surface area contributed by atoms with E-state index in [4.69, 9.17) is 4.74 Å². The Kier molecular flexibility index (Phi) is 4.87. The van der Waals surface area contributed by atoms with Crippen LogP contribution in [0.15, 0.2) is 21.9 Å². The molecule has 14 heteroatoms. The van der Waals surface area contributed by atoms with E-state index in [2.05, 4.69) is 4.18 Å². The molecule has 0 spiro atoms. The third kappa shape index (κ3) is 3.51. The van der Waals surface area contributed by atoms with Crippen molar-refractivity contribution >= 4 is 10.1 Å². The minimum Gasteiger partial charge on any atom is -0.387 e. The number of halogens is 3. The second-order valence-electron chi connectivity index (χ2n) is 4.75. The molecule has 1 aromatic heterocycles. The number of H-pyrrole nitrogens is 1. The first-order valence-electron chi connectivity index (χ1n) is 6.23. The standard InChI is InChI=1S/C10H11F3N2O8S/c11-10(12,13)24(20,21)22-3-4-6(17)7(18)8(23-4)15-2-1-5(16)14-9(15)19/h1-2,4,6-8,17-18H,3H2,(H,14,16,19)/t4-,6-,7-,8-/m1/s1. The normalized spacial score (nSPS) is 28.2. The molecule has 24 heavy (non-hydrogen) atoms. The Morgan fingerprint density at radius 2 is 1.92 bits per heavy atom. The second-order valence-corrected chi connectivity index (χ2v) is 6.35. The van der Waals surface area contributed by atoms with E-state index in [9.17, 15) is 41.4 Å². The zero-order valence-corrected chi connectivity index (χ0v) is 12.3. The Hall–Kier alpha value is -1.74. The number of aromatic nitrogens is 2. The van der Waals surface area contributed by atoms with Crippen LogP contribution in [0.2, 0.25) is 0 Å². The van der Waals surface area contributed by atoms with Gasteiger partial charge in [-0.2, -0.15) is 21.6 Å². The van der Waals surface area contributed by atoms with E-state index in [-0.39, 0.29) is 0 Å². The molecule has 0 aromatic carbocycles. The van der Waals surface area contributed by atoms with Crippen molar-refractivity contribution in [1.29, 1.82) is 0 Å². The van der Waals surface area contributed by atoms with Gasteiger partial charge in [-0.05, 0) is 0 Å². The Balaban J connectivity index is 2.16. The lowest BCUT2D eigenvalue weighted by atomic mass is 10.1. The summed E-state index contributed by atoms with van der Waals surface area (Å²) in [5.41, 5.74) is -7.42. The molecule has 1 fully saturated rings. The van der Waals surface area contributed by atoms with Crippen molar-refractivity contribution in [3.05, 3.63) is 33.1 Å². The van der Waals surface area contributed by atoms with E-state index >= 15 is 0 Å². The maximum atomic E-state index is 12.2. The first kappa shape index (κ1) is 18.6. The van der Waals surface area contributed by atoms with E-state index in [1.807, 2.05) is 4.98 Å². The lowest BCUT2D eigenvalue weighted by Gasteiger charge is -2.16. The molecule has 0 aliphatic carbocycles. The number of hydrogen-bond acceptors (Lipinski definition) is 8. The summed E-state index contributed by atoms with van der Waals surface area (Å²) in [6.45, 7) is -1.24. The molecular weight excluding hydrogens is 365 g/mol. The number of aliphatic hydroxyl groups is 2. The lowest BCUT2D eigenvalue weighted by molar-refractivity contribution is -0.0689. The summed E-state index contributed by atoms with van der Waals surface area (Å²) in [7, 11) is -5.91. The molecule has 3 N–H and O–H groups in total. The quantitative estimate of drug-likeness (QED) is 0.405. The van der Waals surface area contributed by atoms with Crippen molar-refractivity contribution in [3.63, 3.8) is 0 Å². The van der Waals surface area contributed by atoms with Crippen LogP contribution in [0.4, 0.5) is 13.2 Å². The van der Waals surface area contributed by atoms with E-state index in [0.29, 0.717) is 4.57 Å². The minimum atomic E-state index is -5.91. The first-order valence-corrected chi connectivity index (χ1v) is 7.63. The molecule has 4 atom stereocenters. The predicted molar refractivity (Wildman–Crippen MR) is 68.2 cm³/mol. The number of hydrogen-bond donors (Lipinski definition) is 3. The van der Waals surface area contributed by atoms with Crippen molar-refractivity contribution < 1.29 is 40.7 Å². The summed E-state index contributed by atoms with van der Waals surface area (Å²) in [6.07, 6.45) is -5.92. The van der Waals surface area contributed by atoms with Crippen LogP contribution < -0.4 is 11.2 Å². The molecule has 10 nitrogen and oxygen atoms in total. The van der Waals surface area contributed by atoms with Gasteiger partial charge in [-0.3, -0.25) is 18.5 Å².